The molecule has 78 valence electrons. The van der Waals surface area contributed by atoms with Gasteiger partial charge in [0.1, 0.15) is 17.5 Å². The van der Waals surface area contributed by atoms with Crippen molar-refractivity contribution < 1.29 is 13.2 Å². The van der Waals surface area contributed by atoms with E-state index in [9.17, 15) is 13.2 Å². The molecular formula is C11H6F3I. The fourth-order valence-electron chi connectivity index (χ4n) is 1.48. The van der Waals surface area contributed by atoms with Gasteiger partial charge in [-0.2, -0.15) is 0 Å². The van der Waals surface area contributed by atoms with Gasteiger partial charge in [-0.15, -0.1) is 0 Å². The van der Waals surface area contributed by atoms with Crippen molar-refractivity contribution in [2.45, 2.75) is 6.92 Å². The van der Waals surface area contributed by atoms with Crippen LogP contribution in [0.4, 0.5) is 13.2 Å². The molecular weight excluding hydrogens is 316 g/mol. The van der Waals surface area contributed by atoms with E-state index in [0.717, 1.165) is 6.07 Å². The Labute approximate surface area is 98.2 Å². The van der Waals surface area contributed by atoms with Crippen LogP contribution in [0.1, 0.15) is 5.56 Å². The molecule has 15 heavy (non-hydrogen) atoms. The lowest BCUT2D eigenvalue weighted by atomic mass is 10.1. The SMILES string of the molecule is Cc1c(F)cc2cc(I)cc(F)c2c1F. The minimum atomic E-state index is -0.820. The molecule has 0 heterocycles. The molecule has 2 rings (SSSR count). The van der Waals surface area contributed by atoms with Gasteiger partial charge in [0.15, 0.2) is 0 Å². The van der Waals surface area contributed by atoms with E-state index in [-0.39, 0.29) is 16.3 Å². The molecule has 0 unspecified atom stereocenters. The van der Waals surface area contributed by atoms with Crippen LogP contribution in [0.5, 0.6) is 0 Å². The standard InChI is InChI=1S/C11H6F3I/c1-5-8(12)3-6-2-7(15)4-9(13)10(6)11(5)14/h2-4H,1H3. The van der Waals surface area contributed by atoms with Crippen LogP contribution < -0.4 is 0 Å². The maximum atomic E-state index is 13.6. The highest BCUT2D eigenvalue weighted by atomic mass is 127. The first kappa shape index (κ1) is 10.7. The van der Waals surface area contributed by atoms with Crippen LogP contribution in [0.25, 0.3) is 10.8 Å². The van der Waals surface area contributed by atoms with Gasteiger partial charge in [-0.25, -0.2) is 13.2 Å². The van der Waals surface area contributed by atoms with E-state index in [4.69, 9.17) is 0 Å². The summed E-state index contributed by atoms with van der Waals surface area (Å²) in [5, 5.41) is 0.106. The second-order valence-electron chi connectivity index (χ2n) is 3.28. The highest BCUT2D eigenvalue weighted by molar-refractivity contribution is 14.1. The van der Waals surface area contributed by atoms with Gasteiger partial charge in [-0.05, 0) is 53.1 Å². The van der Waals surface area contributed by atoms with Gasteiger partial charge in [0, 0.05) is 9.13 Å². The molecule has 2 aromatic carbocycles. The molecule has 0 aliphatic carbocycles. The molecule has 0 amide bonds. The molecule has 0 aliphatic rings. The molecule has 0 atom stereocenters. The van der Waals surface area contributed by atoms with Crippen molar-refractivity contribution in [1.29, 1.82) is 0 Å². The Bertz CT molecular complexity index is 549. The Kier molecular flexibility index (Phi) is 2.62. The normalized spacial score (nSPS) is 11.0. The summed E-state index contributed by atoms with van der Waals surface area (Å²) in [4.78, 5) is 0. The minimum absolute atomic E-state index is 0.144. The lowest BCUT2D eigenvalue weighted by Gasteiger charge is -2.06. The van der Waals surface area contributed by atoms with Crippen molar-refractivity contribution >= 4 is 33.4 Å². The summed E-state index contributed by atoms with van der Waals surface area (Å²) in [5.74, 6) is -2.13. The van der Waals surface area contributed by atoms with Gasteiger partial charge in [-0.3, -0.25) is 0 Å². The summed E-state index contributed by atoms with van der Waals surface area (Å²) >= 11 is 1.90. The number of benzene rings is 2. The van der Waals surface area contributed by atoms with Gasteiger partial charge >= 0.3 is 0 Å². The molecule has 4 heteroatoms. The highest BCUT2D eigenvalue weighted by Gasteiger charge is 2.13. The fourth-order valence-corrected chi connectivity index (χ4v) is 2.08. The van der Waals surface area contributed by atoms with Crippen molar-refractivity contribution in [3.05, 3.63) is 44.8 Å². The number of hydrogen-bond donors (Lipinski definition) is 0. The van der Waals surface area contributed by atoms with Crippen LogP contribution in [0.15, 0.2) is 18.2 Å². The first-order valence-electron chi connectivity index (χ1n) is 4.24. The average Bonchev–Trinajstić information content (AvgIpc) is 2.13. The van der Waals surface area contributed by atoms with Crippen LogP contribution in [-0.4, -0.2) is 0 Å². The number of fused-ring (bicyclic) bond motifs is 1. The lowest BCUT2D eigenvalue weighted by Crippen LogP contribution is -1.94. The molecule has 0 saturated heterocycles. The van der Waals surface area contributed by atoms with Gasteiger partial charge in [-0.1, -0.05) is 0 Å². The quantitative estimate of drug-likeness (QED) is 0.639. The molecule has 0 N–H and O–H groups in total. The first-order chi connectivity index (χ1) is 7.00. The Morgan fingerprint density at radius 2 is 1.67 bits per heavy atom. The number of halogens is 4. The smallest absolute Gasteiger partial charge is 0.139 e. The highest BCUT2D eigenvalue weighted by Crippen LogP contribution is 2.27. The second kappa shape index (κ2) is 3.66. The third kappa shape index (κ3) is 1.71. The van der Waals surface area contributed by atoms with Gasteiger partial charge in [0.25, 0.3) is 0 Å². The van der Waals surface area contributed by atoms with Crippen molar-refractivity contribution in [3.8, 4) is 0 Å². The maximum Gasteiger partial charge on any atom is 0.139 e. The molecule has 0 radical (unpaired) electrons. The molecule has 0 fully saturated rings. The minimum Gasteiger partial charge on any atom is -0.207 e. The van der Waals surface area contributed by atoms with Crippen LogP contribution in [0.2, 0.25) is 0 Å². The van der Waals surface area contributed by atoms with Crippen LogP contribution in [0, 0.1) is 27.9 Å². The topological polar surface area (TPSA) is 0 Å². The Morgan fingerprint density at radius 1 is 1.00 bits per heavy atom. The third-order valence-electron chi connectivity index (χ3n) is 2.27. The molecule has 0 bridgehead atoms. The molecule has 0 spiro atoms. The molecule has 2 aromatic rings. The van der Waals surface area contributed by atoms with Crippen molar-refractivity contribution in [3.63, 3.8) is 0 Å². The van der Waals surface area contributed by atoms with Crippen LogP contribution in [0.3, 0.4) is 0 Å². The summed E-state index contributed by atoms with van der Waals surface area (Å²) in [7, 11) is 0. The lowest BCUT2D eigenvalue weighted by molar-refractivity contribution is 0.568. The zero-order valence-electron chi connectivity index (χ0n) is 7.74. The van der Waals surface area contributed by atoms with Crippen LogP contribution in [-0.2, 0) is 0 Å². The van der Waals surface area contributed by atoms with Gasteiger partial charge in [0.05, 0.1) is 5.39 Å². The Balaban J connectivity index is 2.99. The van der Waals surface area contributed by atoms with E-state index < -0.39 is 17.5 Å². The molecule has 0 saturated carbocycles. The Hall–Kier alpha value is -0.780. The fraction of sp³-hybridized carbons (Fsp3) is 0.0909. The largest absolute Gasteiger partial charge is 0.207 e. The molecule has 0 aliphatic heterocycles. The van der Waals surface area contributed by atoms with E-state index >= 15 is 0 Å². The molecule has 0 nitrogen and oxygen atoms in total. The zero-order valence-corrected chi connectivity index (χ0v) is 9.90. The van der Waals surface area contributed by atoms with Gasteiger partial charge in [0.2, 0.25) is 0 Å². The van der Waals surface area contributed by atoms with Crippen LogP contribution >= 0.6 is 22.6 Å². The summed E-state index contributed by atoms with van der Waals surface area (Å²) in [6.45, 7) is 1.29. The third-order valence-corrected chi connectivity index (χ3v) is 2.90. The van der Waals surface area contributed by atoms with E-state index in [1.165, 1.54) is 13.0 Å². The maximum absolute atomic E-state index is 13.6. The predicted molar refractivity (Wildman–Crippen MR) is 61.3 cm³/mol. The summed E-state index contributed by atoms with van der Waals surface area (Å²) in [6, 6.07) is 3.92. The summed E-state index contributed by atoms with van der Waals surface area (Å²) < 4.78 is 40.8. The van der Waals surface area contributed by atoms with Crippen molar-refractivity contribution in [2.75, 3.05) is 0 Å². The predicted octanol–water partition coefficient (Wildman–Crippen LogP) is 4.17. The van der Waals surface area contributed by atoms with Crippen molar-refractivity contribution in [1.82, 2.24) is 0 Å². The van der Waals surface area contributed by atoms with E-state index in [0.29, 0.717) is 3.57 Å². The monoisotopic (exact) mass is 322 g/mol. The first-order valence-corrected chi connectivity index (χ1v) is 5.32. The average molecular weight is 322 g/mol. The Morgan fingerprint density at radius 3 is 2.33 bits per heavy atom. The second-order valence-corrected chi connectivity index (χ2v) is 4.53. The number of hydrogen-bond acceptors (Lipinski definition) is 0. The van der Waals surface area contributed by atoms with E-state index in [1.807, 2.05) is 22.6 Å². The molecule has 0 aromatic heterocycles. The summed E-state index contributed by atoms with van der Waals surface area (Å²) in [5.41, 5.74) is -0.150. The van der Waals surface area contributed by atoms with Gasteiger partial charge < -0.3 is 0 Å². The van der Waals surface area contributed by atoms with E-state index in [2.05, 4.69) is 0 Å². The van der Waals surface area contributed by atoms with Crippen molar-refractivity contribution in [2.24, 2.45) is 0 Å². The summed E-state index contributed by atoms with van der Waals surface area (Å²) in [6.07, 6.45) is 0. The number of rotatable bonds is 0. The van der Waals surface area contributed by atoms with E-state index in [1.54, 1.807) is 6.07 Å². The zero-order chi connectivity index (χ0) is 11.2.